The van der Waals surface area contributed by atoms with Crippen LogP contribution in [-0.4, -0.2) is 27.0 Å². The summed E-state index contributed by atoms with van der Waals surface area (Å²) < 4.78 is 47.8. The van der Waals surface area contributed by atoms with Crippen LogP contribution in [0.1, 0.15) is 11.1 Å². The lowest BCUT2D eigenvalue weighted by atomic mass is 10.1. The first-order valence-corrected chi connectivity index (χ1v) is 9.90. The van der Waals surface area contributed by atoms with E-state index in [1.54, 1.807) is 22.9 Å². The van der Waals surface area contributed by atoms with Gasteiger partial charge >= 0.3 is 6.36 Å². The zero-order chi connectivity index (χ0) is 23.6. The third-order valence-electron chi connectivity index (χ3n) is 4.80. The lowest BCUT2D eigenvalue weighted by molar-refractivity contribution is -0.274. The highest BCUT2D eigenvalue weighted by atomic mass is 19.4. The van der Waals surface area contributed by atoms with Gasteiger partial charge in [-0.15, -0.1) is 13.2 Å². The molecule has 0 aliphatic carbocycles. The molecule has 0 aliphatic heterocycles. The molecule has 0 aliphatic rings. The molecule has 0 radical (unpaired) electrons. The van der Waals surface area contributed by atoms with Gasteiger partial charge in [-0.05, 0) is 67.4 Å². The van der Waals surface area contributed by atoms with Gasteiger partial charge in [-0.3, -0.25) is 4.79 Å². The number of nitrogens with zero attached hydrogens (tertiary/aromatic N) is 3. The van der Waals surface area contributed by atoms with Gasteiger partial charge in [-0.2, -0.15) is 4.98 Å². The van der Waals surface area contributed by atoms with Crippen LogP contribution in [0.25, 0.3) is 23.0 Å². The lowest BCUT2D eigenvalue weighted by Crippen LogP contribution is -2.19. The Morgan fingerprint density at radius 1 is 1.12 bits per heavy atom. The molecule has 4 aromatic rings. The van der Waals surface area contributed by atoms with E-state index in [0.717, 1.165) is 16.8 Å². The summed E-state index contributed by atoms with van der Waals surface area (Å²) in [4.78, 5) is 16.9. The van der Waals surface area contributed by atoms with E-state index in [2.05, 4.69) is 20.2 Å². The van der Waals surface area contributed by atoms with Crippen LogP contribution < -0.4 is 10.1 Å². The number of hydrogen-bond donors (Lipinski definition) is 1. The zero-order valence-corrected chi connectivity index (χ0v) is 17.7. The zero-order valence-electron chi connectivity index (χ0n) is 17.7. The minimum absolute atomic E-state index is 0.0247. The van der Waals surface area contributed by atoms with Gasteiger partial charge in [-0.25, -0.2) is 0 Å². The van der Waals surface area contributed by atoms with E-state index in [1.807, 2.05) is 32.0 Å². The van der Waals surface area contributed by atoms with Gasteiger partial charge in [0.05, 0.1) is 0 Å². The Balaban J connectivity index is 1.48. The van der Waals surface area contributed by atoms with E-state index in [9.17, 15) is 18.0 Å². The van der Waals surface area contributed by atoms with E-state index in [-0.39, 0.29) is 29.9 Å². The van der Waals surface area contributed by atoms with Crippen LogP contribution in [-0.2, 0) is 11.3 Å². The largest absolute Gasteiger partial charge is 0.573 e. The molecule has 0 fully saturated rings. The summed E-state index contributed by atoms with van der Waals surface area (Å²) in [5.74, 6) is -0.207. The van der Waals surface area contributed by atoms with Crippen molar-refractivity contribution < 1.29 is 27.2 Å². The number of hydrogen-bond acceptors (Lipinski definition) is 5. The molecule has 0 atom stereocenters. The molecule has 0 saturated heterocycles. The quantitative estimate of drug-likeness (QED) is 0.422. The van der Waals surface area contributed by atoms with Gasteiger partial charge in [0.1, 0.15) is 18.0 Å². The molecule has 0 unspecified atom stereocenters. The predicted octanol–water partition coefficient (Wildman–Crippen LogP) is 5.36. The number of halogens is 3. The summed E-state index contributed by atoms with van der Waals surface area (Å²) >= 11 is 0. The van der Waals surface area contributed by atoms with Crippen LogP contribution in [0.5, 0.6) is 5.75 Å². The number of benzene rings is 2. The fraction of sp³-hybridized carbons (Fsp3) is 0.174. The van der Waals surface area contributed by atoms with Crippen molar-refractivity contribution in [3.05, 3.63) is 71.9 Å². The van der Waals surface area contributed by atoms with Crippen LogP contribution in [0, 0.1) is 13.8 Å². The molecule has 0 bridgehead atoms. The molecule has 0 saturated carbocycles. The van der Waals surface area contributed by atoms with Gasteiger partial charge in [0.2, 0.25) is 11.7 Å². The van der Waals surface area contributed by atoms with E-state index in [0.29, 0.717) is 11.3 Å². The lowest BCUT2D eigenvalue weighted by Gasteiger charge is -2.11. The average molecular weight is 456 g/mol. The van der Waals surface area contributed by atoms with Gasteiger partial charge in [0.25, 0.3) is 5.89 Å². The SMILES string of the molecule is Cc1ccc(C)c(NC(=O)Cn2cccc2-c2nc(-c3ccc(OC(F)(F)F)cc3)no2)c1. The van der Waals surface area contributed by atoms with Crippen molar-refractivity contribution in [2.24, 2.45) is 0 Å². The second kappa shape index (κ2) is 8.81. The summed E-state index contributed by atoms with van der Waals surface area (Å²) in [6, 6.07) is 14.4. The second-order valence-electron chi connectivity index (χ2n) is 7.38. The second-order valence-corrected chi connectivity index (χ2v) is 7.38. The number of alkyl halides is 3. The number of rotatable bonds is 6. The molecule has 1 N–H and O–H groups in total. The molecule has 0 spiro atoms. The molecule has 4 rings (SSSR count). The number of carbonyl (C=O) groups excluding carboxylic acids is 1. The first kappa shape index (κ1) is 22.1. The molecule has 2 aromatic heterocycles. The highest BCUT2D eigenvalue weighted by molar-refractivity contribution is 5.91. The average Bonchev–Trinajstić information content (AvgIpc) is 3.39. The summed E-state index contributed by atoms with van der Waals surface area (Å²) in [6.45, 7) is 3.89. The van der Waals surface area contributed by atoms with Crippen LogP contribution in [0.3, 0.4) is 0 Å². The van der Waals surface area contributed by atoms with Crippen molar-refractivity contribution >= 4 is 11.6 Å². The Kier molecular flexibility index (Phi) is 5.91. The molecule has 7 nitrogen and oxygen atoms in total. The Bertz CT molecular complexity index is 1280. The maximum absolute atomic E-state index is 12.6. The monoisotopic (exact) mass is 456 g/mol. The topological polar surface area (TPSA) is 82.2 Å². The van der Waals surface area contributed by atoms with Crippen molar-refractivity contribution in [1.29, 1.82) is 0 Å². The maximum atomic E-state index is 12.6. The molecule has 170 valence electrons. The number of ether oxygens (including phenoxy) is 1. The van der Waals surface area contributed by atoms with Crippen molar-refractivity contribution in [3.8, 4) is 28.7 Å². The summed E-state index contributed by atoms with van der Waals surface area (Å²) in [7, 11) is 0. The van der Waals surface area contributed by atoms with Crippen LogP contribution in [0.4, 0.5) is 18.9 Å². The minimum Gasteiger partial charge on any atom is -0.406 e. The Morgan fingerprint density at radius 3 is 2.61 bits per heavy atom. The number of aryl methyl sites for hydroxylation is 2. The highest BCUT2D eigenvalue weighted by Crippen LogP contribution is 2.27. The van der Waals surface area contributed by atoms with Crippen LogP contribution >= 0.6 is 0 Å². The summed E-state index contributed by atoms with van der Waals surface area (Å²) in [5, 5.41) is 6.80. The molecule has 33 heavy (non-hydrogen) atoms. The third-order valence-corrected chi connectivity index (χ3v) is 4.80. The summed E-state index contributed by atoms with van der Waals surface area (Å²) in [6.07, 6.45) is -3.05. The normalized spacial score (nSPS) is 11.4. The smallest absolute Gasteiger partial charge is 0.406 e. The molecule has 2 heterocycles. The fourth-order valence-corrected chi connectivity index (χ4v) is 3.21. The first-order chi connectivity index (χ1) is 15.7. The predicted molar refractivity (Wildman–Crippen MR) is 114 cm³/mol. The van der Waals surface area contributed by atoms with E-state index in [4.69, 9.17) is 4.52 Å². The van der Waals surface area contributed by atoms with Gasteiger partial charge in [0, 0.05) is 17.4 Å². The van der Waals surface area contributed by atoms with Crippen molar-refractivity contribution in [2.75, 3.05) is 5.32 Å². The Hall–Kier alpha value is -4.08. The molecular weight excluding hydrogens is 437 g/mol. The van der Waals surface area contributed by atoms with Gasteiger partial charge in [0.15, 0.2) is 0 Å². The number of aromatic nitrogens is 3. The van der Waals surface area contributed by atoms with Crippen molar-refractivity contribution in [3.63, 3.8) is 0 Å². The molecule has 1 amide bonds. The highest BCUT2D eigenvalue weighted by Gasteiger charge is 2.31. The van der Waals surface area contributed by atoms with Gasteiger partial charge < -0.3 is 19.1 Å². The fourth-order valence-electron chi connectivity index (χ4n) is 3.21. The standard InChI is InChI=1S/C23H19F3N4O3/c1-14-5-6-15(2)18(12-14)27-20(31)13-30-11-3-4-19(30)22-28-21(29-33-22)16-7-9-17(10-8-16)32-23(24,25)26/h3-12H,13H2,1-2H3,(H,27,31). The van der Waals surface area contributed by atoms with Crippen LogP contribution in [0.2, 0.25) is 0 Å². The number of nitrogens with one attached hydrogen (secondary N) is 1. The van der Waals surface area contributed by atoms with E-state index >= 15 is 0 Å². The number of anilines is 1. The van der Waals surface area contributed by atoms with Gasteiger partial charge in [-0.1, -0.05) is 17.3 Å². The Labute approximate surface area is 186 Å². The number of carbonyl (C=O) groups is 1. The minimum atomic E-state index is -4.77. The van der Waals surface area contributed by atoms with E-state index in [1.165, 1.54) is 24.3 Å². The Morgan fingerprint density at radius 2 is 1.88 bits per heavy atom. The van der Waals surface area contributed by atoms with Crippen LogP contribution in [0.15, 0.2) is 65.3 Å². The molecule has 2 aromatic carbocycles. The maximum Gasteiger partial charge on any atom is 0.573 e. The molecular formula is C23H19F3N4O3. The third kappa shape index (κ3) is 5.40. The van der Waals surface area contributed by atoms with E-state index < -0.39 is 6.36 Å². The van der Waals surface area contributed by atoms with Crippen molar-refractivity contribution in [1.82, 2.24) is 14.7 Å². The summed E-state index contributed by atoms with van der Waals surface area (Å²) in [5.41, 5.74) is 3.71. The first-order valence-electron chi connectivity index (χ1n) is 9.90. The number of amides is 1. The molecule has 10 heteroatoms. The van der Waals surface area contributed by atoms with Crippen molar-refractivity contribution in [2.45, 2.75) is 26.8 Å².